The summed E-state index contributed by atoms with van der Waals surface area (Å²) in [6.45, 7) is 1.98. The summed E-state index contributed by atoms with van der Waals surface area (Å²) in [7, 11) is 0. The van der Waals surface area contributed by atoms with Gasteiger partial charge in [-0.2, -0.15) is 10.4 Å². The van der Waals surface area contributed by atoms with Crippen LogP contribution in [0.5, 0.6) is 0 Å². The molecular formula is C12H10ClN3. The van der Waals surface area contributed by atoms with Crippen LogP contribution in [0.15, 0.2) is 30.5 Å². The third-order valence-corrected chi connectivity index (χ3v) is 2.55. The quantitative estimate of drug-likeness (QED) is 0.798. The Morgan fingerprint density at radius 3 is 2.94 bits per heavy atom. The van der Waals surface area contributed by atoms with Crippen molar-refractivity contribution in [3.8, 4) is 11.8 Å². The maximum absolute atomic E-state index is 8.57. The first-order chi connectivity index (χ1) is 7.70. The highest BCUT2D eigenvalue weighted by Crippen LogP contribution is 2.18. The number of benzene rings is 1. The minimum atomic E-state index is 0.333. The van der Waals surface area contributed by atoms with Crippen LogP contribution in [-0.2, 0) is 6.42 Å². The molecule has 0 saturated heterocycles. The molecule has 0 aliphatic heterocycles. The molecule has 1 aromatic heterocycles. The van der Waals surface area contributed by atoms with E-state index in [2.05, 4.69) is 11.2 Å². The lowest BCUT2D eigenvalue weighted by molar-refractivity contribution is 0.847. The van der Waals surface area contributed by atoms with Gasteiger partial charge >= 0.3 is 0 Å². The minimum absolute atomic E-state index is 0.333. The molecular weight excluding hydrogens is 222 g/mol. The predicted molar refractivity (Wildman–Crippen MR) is 62.6 cm³/mol. The molecule has 0 radical (unpaired) electrons. The van der Waals surface area contributed by atoms with Gasteiger partial charge in [-0.1, -0.05) is 11.6 Å². The van der Waals surface area contributed by atoms with Gasteiger partial charge in [-0.25, -0.2) is 4.68 Å². The molecule has 0 amide bonds. The average Bonchev–Trinajstić information content (AvgIpc) is 2.67. The maximum Gasteiger partial charge on any atom is 0.0793 e. The molecule has 0 aliphatic carbocycles. The number of aromatic nitrogens is 2. The summed E-state index contributed by atoms with van der Waals surface area (Å²) in [4.78, 5) is 0. The van der Waals surface area contributed by atoms with Gasteiger partial charge in [-0.05, 0) is 36.8 Å². The fourth-order valence-electron chi connectivity index (χ4n) is 1.55. The van der Waals surface area contributed by atoms with E-state index in [0.717, 1.165) is 16.9 Å². The van der Waals surface area contributed by atoms with Crippen molar-refractivity contribution >= 4 is 11.6 Å². The number of aryl methyl sites for hydroxylation is 1. The van der Waals surface area contributed by atoms with Crippen LogP contribution < -0.4 is 0 Å². The van der Waals surface area contributed by atoms with E-state index >= 15 is 0 Å². The van der Waals surface area contributed by atoms with Gasteiger partial charge < -0.3 is 0 Å². The Balaban J connectivity index is 2.39. The molecule has 4 heteroatoms. The highest BCUT2D eigenvalue weighted by molar-refractivity contribution is 6.30. The fourth-order valence-corrected chi connectivity index (χ4v) is 1.77. The molecule has 16 heavy (non-hydrogen) atoms. The first-order valence-corrected chi connectivity index (χ1v) is 5.26. The summed E-state index contributed by atoms with van der Waals surface area (Å²) in [5.74, 6) is 0. The van der Waals surface area contributed by atoms with Crippen LogP contribution in [0.25, 0.3) is 5.69 Å². The van der Waals surface area contributed by atoms with E-state index < -0.39 is 0 Å². The zero-order chi connectivity index (χ0) is 11.5. The Morgan fingerprint density at radius 2 is 2.25 bits per heavy atom. The fraction of sp³-hybridized carbons (Fsp3) is 0.167. The molecule has 3 nitrogen and oxygen atoms in total. The summed E-state index contributed by atoms with van der Waals surface area (Å²) >= 11 is 5.89. The highest BCUT2D eigenvalue weighted by atomic mass is 35.5. The van der Waals surface area contributed by atoms with E-state index in [-0.39, 0.29) is 0 Å². The van der Waals surface area contributed by atoms with Gasteiger partial charge in [0.2, 0.25) is 0 Å². The van der Waals surface area contributed by atoms with Crippen LogP contribution in [0, 0.1) is 18.3 Å². The van der Waals surface area contributed by atoms with Crippen LogP contribution in [0.2, 0.25) is 5.02 Å². The lowest BCUT2D eigenvalue weighted by Crippen LogP contribution is -1.98. The van der Waals surface area contributed by atoms with Crippen LogP contribution in [0.3, 0.4) is 0 Å². The lowest BCUT2D eigenvalue weighted by Gasteiger charge is -2.05. The average molecular weight is 232 g/mol. The molecule has 0 atom stereocenters. The summed E-state index contributed by atoms with van der Waals surface area (Å²) < 4.78 is 1.76. The first kappa shape index (κ1) is 10.7. The Bertz CT molecular complexity index is 552. The molecule has 0 fully saturated rings. The molecule has 0 saturated carbocycles. The molecule has 0 aliphatic rings. The van der Waals surface area contributed by atoms with E-state index in [9.17, 15) is 0 Å². The zero-order valence-corrected chi connectivity index (χ0v) is 9.57. The third-order valence-electron chi connectivity index (χ3n) is 2.31. The SMILES string of the molecule is Cc1cc(Cl)ccc1-n1ccc(CC#N)n1. The van der Waals surface area contributed by atoms with Crippen LogP contribution in [-0.4, -0.2) is 9.78 Å². The van der Waals surface area contributed by atoms with Gasteiger partial charge in [0.1, 0.15) is 0 Å². The Morgan fingerprint density at radius 1 is 1.44 bits per heavy atom. The van der Waals surface area contributed by atoms with Crippen molar-refractivity contribution in [2.24, 2.45) is 0 Å². The Hall–Kier alpha value is -1.79. The minimum Gasteiger partial charge on any atom is -0.240 e. The summed E-state index contributed by atoms with van der Waals surface area (Å²) in [6.07, 6.45) is 2.18. The predicted octanol–water partition coefficient (Wildman–Crippen LogP) is 2.90. The van der Waals surface area contributed by atoms with Crippen molar-refractivity contribution in [3.63, 3.8) is 0 Å². The van der Waals surface area contributed by atoms with Gasteiger partial charge in [0.15, 0.2) is 0 Å². The molecule has 0 bridgehead atoms. The summed E-state index contributed by atoms with van der Waals surface area (Å²) in [6, 6.07) is 9.56. The number of nitrogens with zero attached hydrogens (tertiary/aromatic N) is 3. The molecule has 1 aromatic carbocycles. The second-order valence-corrected chi connectivity index (χ2v) is 3.95. The van der Waals surface area contributed by atoms with Gasteiger partial charge in [-0.3, -0.25) is 0 Å². The molecule has 80 valence electrons. The van der Waals surface area contributed by atoms with Crippen molar-refractivity contribution in [3.05, 3.63) is 46.7 Å². The van der Waals surface area contributed by atoms with E-state index in [1.54, 1.807) is 4.68 Å². The van der Waals surface area contributed by atoms with Crippen LogP contribution >= 0.6 is 11.6 Å². The van der Waals surface area contributed by atoms with Gasteiger partial charge in [0.05, 0.1) is 23.9 Å². The zero-order valence-electron chi connectivity index (χ0n) is 8.81. The first-order valence-electron chi connectivity index (χ1n) is 4.89. The van der Waals surface area contributed by atoms with Crippen molar-refractivity contribution in [1.82, 2.24) is 9.78 Å². The van der Waals surface area contributed by atoms with Crippen LogP contribution in [0.1, 0.15) is 11.3 Å². The number of rotatable bonds is 2. The van der Waals surface area contributed by atoms with Crippen molar-refractivity contribution in [2.45, 2.75) is 13.3 Å². The second kappa shape index (κ2) is 4.38. The summed E-state index contributed by atoms with van der Waals surface area (Å²) in [5.41, 5.74) is 2.81. The van der Waals surface area contributed by atoms with Crippen molar-refractivity contribution < 1.29 is 0 Å². The molecule has 0 spiro atoms. The maximum atomic E-state index is 8.57. The molecule has 0 N–H and O–H groups in total. The highest BCUT2D eigenvalue weighted by Gasteiger charge is 2.04. The smallest absolute Gasteiger partial charge is 0.0793 e. The topological polar surface area (TPSA) is 41.6 Å². The van der Waals surface area contributed by atoms with Crippen molar-refractivity contribution in [1.29, 1.82) is 5.26 Å². The summed E-state index contributed by atoms with van der Waals surface area (Å²) in [5, 5.41) is 13.6. The van der Waals surface area contributed by atoms with Gasteiger partial charge in [0.25, 0.3) is 0 Å². The number of hydrogen-bond donors (Lipinski definition) is 0. The molecule has 2 aromatic rings. The monoisotopic (exact) mass is 231 g/mol. The van der Waals surface area contributed by atoms with Gasteiger partial charge in [-0.15, -0.1) is 0 Å². The standard InChI is InChI=1S/C12H10ClN3/c1-9-8-10(13)2-3-12(9)16-7-5-11(15-16)4-6-14/h2-3,5,7-8H,4H2,1H3. The van der Waals surface area contributed by atoms with E-state index in [0.29, 0.717) is 11.4 Å². The molecule has 1 heterocycles. The van der Waals surface area contributed by atoms with Crippen molar-refractivity contribution in [2.75, 3.05) is 0 Å². The molecule has 2 rings (SSSR count). The largest absolute Gasteiger partial charge is 0.240 e. The van der Waals surface area contributed by atoms with E-state index in [1.165, 1.54) is 0 Å². The third kappa shape index (κ3) is 2.07. The second-order valence-electron chi connectivity index (χ2n) is 3.52. The van der Waals surface area contributed by atoms with Gasteiger partial charge in [0, 0.05) is 11.2 Å². The number of hydrogen-bond acceptors (Lipinski definition) is 2. The molecule has 0 unspecified atom stereocenters. The van der Waals surface area contributed by atoms with Crippen LogP contribution in [0.4, 0.5) is 0 Å². The number of halogens is 1. The normalized spacial score (nSPS) is 10.1. The Kier molecular flexibility index (Phi) is 2.93. The van der Waals surface area contributed by atoms with E-state index in [4.69, 9.17) is 16.9 Å². The van der Waals surface area contributed by atoms with E-state index in [1.807, 2.05) is 37.4 Å². The number of nitriles is 1. The Labute approximate surface area is 98.9 Å². The lowest BCUT2D eigenvalue weighted by atomic mass is 10.2.